The molecule has 2 rings (SSSR count). The Morgan fingerprint density at radius 2 is 1.60 bits per heavy atom. The molecule has 1 heterocycles. The molecule has 20 heavy (non-hydrogen) atoms. The lowest BCUT2D eigenvalue weighted by Crippen LogP contribution is -2.25. The van der Waals surface area contributed by atoms with Crippen molar-refractivity contribution in [2.75, 3.05) is 0 Å². The smallest absolute Gasteiger partial charge is 0.0346 e. The van der Waals surface area contributed by atoms with Crippen LogP contribution in [0.25, 0.3) is 0 Å². The first-order valence-electron chi connectivity index (χ1n) is 7.41. The lowest BCUT2D eigenvalue weighted by Gasteiger charge is -2.23. The van der Waals surface area contributed by atoms with E-state index in [1.165, 1.54) is 16.7 Å². The predicted molar refractivity (Wildman–Crippen MR) is 84.5 cm³/mol. The number of pyridine rings is 1. The maximum atomic E-state index is 4.06. The van der Waals surface area contributed by atoms with Gasteiger partial charge in [-0.15, -0.1) is 0 Å². The van der Waals surface area contributed by atoms with E-state index in [1.807, 2.05) is 12.4 Å². The number of hydrogen-bond acceptors (Lipinski definition) is 2. The molecule has 2 aromatic rings. The van der Waals surface area contributed by atoms with Crippen molar-refractivity contribution in [1.29, 1.82) is 0 Å². The van der Waals surface area contributed by atoms with Gasteiger partial charge < -0.3 is 5.32 Å². The highest BCUT2D eigenvalue weighted by molar-refractivity contribution is 5.25. The second-order valence-electron chi connectivity index (χ2n) is 5.55. The van der Waals surface area contributed by atoms with Gasteiger partial charge in [-0.1, -0.05) is 45.0 Å². The fraction of sp³-hybridized carbons (Fsp3) is 0.389. The zero-order chi connectivity index (χ0) is 14.4. The number of benzene rings is 1. The van der Waals surface area contributed by atoms with E-state index in [0.29, 0.717) is 12.0 Å². The average Bonchev–Trinajstić information content (AvgIpc) is 2.49. The Labute approximate surface area is 122 Å². The summed E-state index contributed by atoms with van der Waals surface area (Å²) < 4.78 is 0. The molecule has 1 N–H and O–H groups in total. The van der Waals surface area contributed by atoms with E-state index in [0.717, 1.165) is 13.0 Å². The molecule has 0 radical (unpaired) electrons. The second kappa shape index (κ2) is 7.20. The lowest BCUT2D eigenvalue weighted by atomic mass is 9.94. The van der Waals surface area contributed by atoms with Gasteiger partial charge in [0.15, 0.2) is 0 Å². The topological polar surface area (TPSA) is 24.9 Å². The Hall–Kier alpha value is -1.67. The SMILES string of the molecule is CCc1ccc(C(NCc2ccncc2)C(C)C)cc1. The van der Waals surface area contributed by atoms with Crippen LogP contribution < -0.4 is 5.32 Å². The van der Waals surface area contributed by atoms with Crippen LogP contribution in [0.2, 0.25) is 0 Å². The summed E-state index contributed by atoms with van der Waals surface area (Å²) in [4.78, 5) is 4.06. The minimum Gasteiger partial charge on any atom is -0.306 e. The fourth-order valence-corrected chi connectivity index (χ4v) is 2.43. The number of nitrogens with one attached hydrogen (secondary N) is 1. The molecule has 0 bridgehead atoms. The predicted octanol–water partition coefficient (Wildman–Crippen LogP) is 4.13. The van der Waals surface area contributed by atoms with Crippen LogP contribution in [0.5, 0.6) is 0 Å². The number of nitrogens with zero attached hydrogens (tertiary/aromatic N) is 1. The molecule has 1 unspecified atom stereocenters. The molecule has 0 fully saturated rings. The third-order valence-corrected chi connectivity index (χ3v) is 3.69. The zero-order valence-corrected chi connectivity index (χ0v) is 12.6. The summed E-state index contributed by atoms with van der Waals surface area (Å²) in [6, 6.07) is 13.5. The molecule has 106 valence electrons. The Morgan fingerprint density at radius 1 is 0.950 bits per heavy atom. The van der Waals surface area contributed by atoms with Crippen molar-refractivity contribution < 1.29 is 0 Å². The molecule has 1 aromatic carbocycles. The fourth-order valence-electron chi connectivity index (χ4n) is 2.43. The first-order valence-corrected chi connectivity index (χ1v) is 7.41. The highest BCUT2D eigenvalue weighted by Gasteiger charge is 2.14. The van der Waals surface area contributed by atoms with Gasteiger partial charge in [0, 0.05) is 25.0 Å². The summed E-state index contributed by atoms with van der Waals surface area (Å²) in [5.74, 6) is 0.560. The van der Waals surface area contributed by atoms with Crippen LogP contribution in [0, 0.1) is 5.92 Å². The van der Waals surface area contributed by atoms with Gasteiger partial charge in [-0.05, 0) is 41.2 Å². The van der Waals surface area contributed by atoms with Crippen LogP contribution in [0.3, 0.4) is 0 Å². The molecule has 1 aromatic heterocycles. The second-order valence-corrected chi connectivity index (χ2v) is 5.55. The van der Waals surface area contributed by atoms with E-state index in [4.69, 9.17) is 0 Å². The standard InChI is InChI=1S/C18H24N2/c1-4-15-5-7-17(8-6-15)18(14(2)3)20-13-16-9-11-19-12-10-16/h5-12,14,18,20H,4,13H2,1-3H3. The van der Waals surface area contributed by atoms with Crippen LogP contribution in [0.15, 0.2) is 48.8 Å². The summed E-state index contributed by atoms with van der Waals surface area (Å²) in [7, 11) is 0. The minimum atomic E-state index is 0.383. The molecular formula is C18H24N2. The summed E-state index contributed by atoms with van der Waals surface area (Å²) >= 11 is 0. The normalized spacial score (nSPS) is 12.6. The van der Waals surface area contributed by atoms with Crippen LogP contribution >= 0.6 is 0 Å². The highest BCUT2D eigenvalue weighted by Crippen LogP contribution is 2.22. The van der Waals surface area contributed by atoms with Crippen molar-refractivity contribution in [3.63, 3.8) is 0 Å². The molecule has 0 amide bonds. The third kappa shape index (κ3) is 3.91. The lowest BCUT2D eigenvalue weighted by molar-refractivity contribution is 0.410. The van der Waals surface area contributed by atoms with Crippen molar-refractivity contribution in [2.24, 2.45) is 5.92 Å². The number of aromatic nitrogens is 1. The van der Waals surface area contributed by atoms with Crippen LogP contribution in [-0.2, 0) is 13.0 Å². The minimum absolute atomic E-state index is 0.383. The van der Waals surface area contributed by atoms with Gasteiger partial charge in [0.2, 0.25) is 0 Å². The van der Waals surface area contributed by atoms with Gasteiger partial charge in [0.1, 0.15) is 0 Å². The summed E-state index contributed by atoms with van der Waals surface area (Å²) in [5.41, 5.74) is 4.03. The Kier molecular flexibility index (Phi) is 5.31. The van der Waals surface area contributed by atoms with Crippen molar-refractivity contribution in [3.05, 3.63) is 65.5 Å². The van der Waals surface area contributed by atoms with E-state index in [9.17, 15) is 0 Å². The molecule has 1 atom stereocenters. The van der Waals surface area contributed by atoms with Crippen molar-refractivity contribution in [2.45, 2.75) is 39.8 Å². The molecule has 0 aliphatic heterocycles. The monoisotopic (exact) mass is 268 g/mol. The molecular weight excluding hydrogens is 244 g/mol. The molecule has 0 aliphatic carbocycles. The van der Waals surface area contributed by atoms with E-state index in [2.05, 4.69) is 67.5 Å². The van der Waals surface area contributed by atoms with Gasteiger partial charge >= 0.3 is 0 Å². The van der Waals surface area contributed by atoms with Crippen LogP contribution in [0.1, 0.15) is 43.5 Å². The van der Waals surface area contributed by atoms with Gasteiger partial charge in [0.25, 0.3) is 0 Å². The molecule has 0 aliphatic rings. The zero-order valence-electron chi connectivity index (χ0n) is 12.6. The molecule has 2 heteroatoms. The Morgan fingerprint density at radius 3 is 2.15 bits per heavy atom. The summed E-state index contributed by atoms with van der Waals surface area (Å²) in [6.07, 6.45) is 4.78. The quantitative estimate of drug-likeness (QED) is 0.852. The highest BCUT2D eigenvalue weighted by atomic mass is 14.9. The van der Waals surface area contributed by atoms with Gasteiger partial charge in [-0.2, -0.15) is 0 Å². The maximum absolute atomic E-state index is 4.06. The molecule has 0 spiro atoms. The van der Waals surface area contributed by atoms with E-state index >= 15 is 0 Å². The number of rotatable bonds is 6. The van der Waals surface area contributed by atoms with Crippen molar-refractivity contribution in [3.8, 4) is 0 Å². The summed E-state index contributed by atoms with van der Waals surface area (Å²) in [6.45, 7) is 7.59. The summed E-state index contributed by atoms with van der Waals surface area (Å²) in [5, 5.41) is 3.66. The Balaban J connectivity index is 2.06. The number of hydrogen-bond donors (Lipinski definition) is 1. The molecule has 2 nitrogen and oxygen atoms in total. The number of aryl methyl sites for hydroxylation is 1. The first-order chi connectivity index (χ1) is 9.70. The van der Waals surface area contributed by atoms with Gasteiger partial charge in [-0.25, -0.2) is 0 Å². The maximum Gasteiger partial charge on any atom is 0.0346 e. The molecule has 0 saturated heterocycles. The van der Waals surface area contributed by atoms with E-state index in [-0.39, 0.29) is 0 Å². The van der Waals surface area contributed by atoms with Crippen LogP contribution in [0.4, 0.5) is 0 Å². The van der Waals surface area contributed by atoms with Gasteiger partial charge in [-0.3, -0.25) is 4.98 Å². The van der Waals surface area contributed by atoms with Crippen molar-refractivity contribution >= 4 is 0 Å². The van der Waals surface area contributed by atoms with Gasteiger partial charge in [0.05, 0.1) is 0 Å². The largest absolute Gasteiger partial charge is 0.306 e. The average molecular weight is 268 g/mol. The van der Waals surface area contributed by atoms with E-state index in [1.54, 1.807) is 0 Å². The van der Waals surface area contributed by atoms with Crippen molar-refractivity contribution in [1.82, 2.24) is 10.3 Å². The van der Waals surface area contributed by atoms with E-state index < -0.39 is 0 Å². The Bertz CT molecular complexity index is 503. The van der Waals surface area contributed by atoms with Crippen LogP contribution in [-0.4, -0.2) is 4.98 Å². The first kappa shape index (κ1) is 14.7. The molecule has 0 saturated carbocycles. The third-order valence-electron chi connectivity index (χ3n) is 3.69.